The highest BCUT2D eigenvalue weighted by Crippen LogP contribution is 2.24. The van der Waals surface area contributed by atoms with Crippen molar-refractivity contribution in [3.63, 3.8) is 0 Å². The van der Waals surface area contributed by atoms with Gasteiger partial charge in [0.25, 0.3) is 5.91 Å². The molecule has 0 spiro atoms. The Morgan fingerprint density at radius 3 is 2.87 bits per heavy atom. The average Bonchev–Trinajstić information content (AvgIpc) is 2.95. The van der Waals surface area contributed by atoms with Crippen molar-refractivity contribution in [2.45, 2.75) is 25.3 Å². The largest absolute Gasteiger partial charge is 0.354 e. The Bertz CT molecular complexity index is 714. The van der Waals surface area contributed by atoms with E-state index < -0.39 is 6.04 Å². The SMILES string of the molecule is O=C(N[C@@H]1CCCCNC1=O)c1csc(-c2ccc(F)cc2)n1. The zero-order chi connectivity index (χ0) is 16.2. The first kappa shape index (κ1) is 15.6. The molecule has 7 heteroatoms. The van der Waals surface area contributed by atoms with Gasteiger partial charge in [-0.1, -0.05) is 0 Å². The van der Waals surface area contributed by atoms with Crippen LogP contribution in [0.5, 0.6) is 0 Å². The van der Waals surface area contributed by atoms with E-state index in [-0.39, 0.29) is 23.3 Å². The highest BCUT2D eigenvalue weighted by Gasteiger charge is 2.23. The Morgan fingerprint density at radius 2 is 2.09 bits per heavy atom. The van der Waals surface area contributed by atoms with Crippen molar-refractivity contribution in [1.29, 1.82) is 0 Å². The van der Waals surface area contributed by atoms with Crippen LogP contribution in [0.1, 0.15) is 29.8 Å². The van der Waals surface area contributed by atoms with Crippen LogP contribution in [0.2, 0.25) is 0 Å². The fourth-order valence-electron chi connectivity index (χ4n) is 2.41. The van der Waals surface area contributed by atoms with E-state index in [1.807, 2.05) is 0 Å². The van der Waals surface area contributed by atoms with Crippen LogP contribution in [-0.2, 0) is 4.79 Å². The van der Waals surface area contributed by atoms with Gasteiger partial charge in [0.1, 0.15) is 22.6 Å². The molecule has 1 aromatic carbocycles. The number of thiazole rings is 1. The molecule has 2 amide bonds. The van der Waals surface area contributed by atoms with Crippen LogP contribution in [-0.4, -0.2) is 29.4 Å². The summed E-state index contributed by atoms with van der Waals surface area (Å²) < 4.78 is 12.9. The third-order valence-corrected chi connectivity index (χ3v) is 4.56. The molecule has 0 radical (unpaired) electrons. The molecular formula is C16H16FN3O2S. The standard InChI is InChI=1S/C16H16FN3O2S/c17-11-6-4-10(5-7-11)16-20-13(9-23-16)15(22)19-12-3-1-2-8-18-14(12)21/h4-7,9,12H,1-3,8H2,(H,18,21)(H,19,22)/t12-/m1/s1. The topological polar surface area (TPSA) is 71.1 Å². The van der Waals surface area contributed by atoms with E-state index in [4.69, 9.17) is 0 Å². The van der Waals surface area contributed by atoms with Crippen molar-refractivity contribution >= 4 is 23.2 Å². The molecule has 0 aliphatic carbocycles. The number of hydrogen-bond donors (Lipinski definition) is 2. The summed E-state index contributed by atoms with van der Waals surface area (Å²) >= 11 is 1.31. The summed E-state index contributed by atoms with van der Waals surface area (Å²) in [5.74, 6) is -0.829. The number of aromatic nitrogens is 1. The van der Waals surface area contributed by atoms with E-state index >= 15 is 0 Å². The number of hydrogen-bond acceptors (Lipinski definition) is 4. The lowest BCUT2D eigenvalue weighted by molar-refractivity contribution is -0.122. The lowest BCUT2D eigenvalue weighted by Gasteiger charge is -2.14. The summed E-state index contributed by atoms with van der Waals surface area (Å²) in [6, 6.07) is 5.43. The van der Waals surface area contributed by atoms with Gasteiger partial charge in [0.15, 0.2) is 0 Å². The smallest absolute Gasteiger partial charge is 0.271 e. The van der Waals surface area contributed by atoms with Crippen LogP contribution in [0.25, 0.3) is 10.6 Å². The van der Waals surface area contributed by atoms with Crippen LogP contribution in [0.4, 0.5) is 4.39 Å². The minimum absolute atomic E-state index is 0.148. The fraction of sp³-hybridized carbons (Fsp3) is 0.312. The number of halogens is 1. The fourth-order valence-corrected chi connectivity index (χ4v) is 3.22. The van der Waals surface area contributed by atoms with Gasteiger partial charge in [-0.25, -0.2) is 9.37 Å². The molecule has 1 fully saturated rings. The zero-order valence-corrected chi connectivity index (χ0v) is 13.2. The minimum Gasteiger partial charge on any atom is -0.354 e. The second-order valence-electron chi connectivity index (χ2n) is 5.36. The van der Waals surface area contributed by atoms with Gasteiger partial charge in [0.05, 0.1) is 0 Å². The van der Waals surface area contributed by atoms with E-state index in [1.54, 1.807) is 17.5 Å². The quantitative estimate of drug-likeness (QED) is 0.906. The van der Waals surface area contributed by atoms with E-state index in [9.17, 15) is 14.0 Å². The Morgan fingerprint density at radius 1 is 1.30 bits per heavy atom. The predicted molar refractivity (Wildman–Crippen MR) is 85.6 cm³/mol. The van der Waals surface area contributed by atoms with E-state index in [0.717, 1.165) is 18.4 Å². The summed E-state index contributed by atoms with van der Waals surface area (Å²) in [6.45, 7) is 0.649. The van der Waals surface area contributed by atoms with Gasteiger partial charge in [-0.2, -0.15) is 0 Å². The van der Waals surface area contributed by atoms with Crippen molar-refractivity contribution in [3.8, 4) is 10.6 Å². The first-order valence-corrected chi connectivity index (χ1v) is 8.31. The Kier molecular flexibility index (Phi) is 4.66. The highest BCUT2D eigenvalue weighted by atomic mass is 32.1. The van der Waals surface area contributed by atoms with Gasteiger partial charge < -0.3 is 10.6 Å². The number of nitrogens with one attached hydrogen (secondary N) is 2. The first-order chi connectivity index (χ1) is 11.1. The summed E-state index contributed by atoms with van der Waals surface area (Å²) in [6.07, 6.45) is 2.44. The van der Waals surface area contributed by atoms with Crippen LogP contribution >= 0.6 is 11.3 Å². The number of carbonyl (C=O) groups excluding carboxylic acids is 2. The monoisotopic (exact) mass is 333 g/mol. The van der Waals surface area contributed by atoms with Gasteiger partial charge in [0.2, 0.25) is 5.91 Å². The molecule has 1 atom stereocenters. The maximum absolute atomic E-state index is 12.9. The van der Waals surface area contributed by atoms with E-state index in [1.165, 1.54) is 23.5 Å². The molecule has 120 valence electrons. The first-order valence-electron chi connectivity index (χ1n) is 7.43. The molecule has 1 aromatic heterocycles. The van der Waals surface area contributed by atoms with Crippen molar-refractivity contribution < 1.29 is 14.0 Å². The van der Waals surface area contributed by atoms with Crippen molar-refractivity contribution in [2.75, 3.05) is 6.54 Å². The van der Waals surface area contributed by atoms with Crippen molar-refractivity contribution in [1.82, 2.24) is 15.6 Å². The summed E-state index contributed by atoms with van der Waals surface area (Å²) in [7, 11) is 0. The van der Waals surface area contributed by atoms with Crippen molar-refractivity contribution in [2.24, 2.45) is 0 Å². The van der Waals surface area contributed by atoms with Crippen LogP contribution in [0.15, 0.2) is 29.6 Å². The van der Waals surface area contributed by atoms with Crippen LogP contribution in [0, 0.1) is 5.82 Å². The van der Waals surface area contributed by atoms with Crippen molar-refractivity contribution in [3.05, 3.63) is 41.2 Å². The molecule has 2 aromatic rings. The molecule has 1 saturated heterocycles. The summed E-state index contributed by atoms with van der Waals surface area (Å²) in [4.78, 5) is 28.4. The second kappa shape index (κ2) is 6.87. The van der Waals surface area contributed by atoms with Gasteiger partial charge in [-0.05, 0) is 43.5 Å². The second-order valence-corrected chi connectivity index (χ2v) is 6.22. The molecule has 23 heavy (non-hydrogen) atoms. The number of rotatable bonds is 3. The average molecular weight is 333 g/mol. The van der Waals surface area contributed by atoms with E-state index in [2.05, 4.69) is 15.6 Å². The maximum atomic E-state index is 12.9. The van der Waals surface area contributed by atoms with Gasteiger partial charge in [-0.15, -0.1) is 11.3 Å². The number of carbonyl (C=O) groups is 2. The zero-order valence-electron chi connectivity index (χ0n) is 12.3. The molecule has 1 aliphatic rings. The lowest BCUT2D eigenvalue weighted by Crippen LogP contribution is -2.45. The molecule has 1 aliphatic heterocycles. The van der Waals surface area contributed by atoms with Gasteiger partial charge in [0, 0.05) is 17.5 Å². The number of nitrogens with zero attached hydrogens (tertiary/aromatic N) is 1. The van der Waals surface area contributed by atoms with Crippen LogP contribution in [0.3, 0.4) is 0 Å². The summed E-state index contributed by atoms with van der Waals surface area (Å²) in [5.41, 5.74) is 1.02. The number of benzene rings is 1. The molecule has 0 bridgehead atoms. The predicted octanol–water partition coefficient (Wildman–Crippen LogP) is 2.35. The molecule has 0 unspecified atom stereocenters. The molecule has 0 saturated carbocycles. The van der Waals surface area contributed by atoms with Crippen LogP contribution < -0.4 is 10.6 Å². The third-order valence-electron chi connectivity index (χ3n) is 3.67. The number of amides is 2. The minimum atomic E-state index is -0.513. The Balaban J connectivity index is 1.70. The van der Waals surface area contributed by atoms with Gasteiger partial charge in [-0.3, -0.25) is 9.59 Å². The maximum Gasteiger partial charge on any atom is 0.271 e. The molecule has 3 rings (SSSR count). The Labute approximate surface area is 136 Å². The summed E-state index contributed by atoms with van der Waals surface area (Å²) in [5, 5.41) is 7.79. The van der Waals surface area contributed by atoms with E-state index in [0.29, 0.717) is 18.0 Å². The molecule has 2 heterocycles. The van der Waals surface area contributed by atoms with Gasteiger partial charge >= 0.3 is 0 Å². The molecule has 2 N–H and O–H groups in total. The Hall–Kier alpha value is -2.28. The third kappa shape index (κ3) is 3.73. The molecule has 5 nitrogen and oxygen atoms in total. The molecular weight excluding hydrogens is 317 g/mol. The lowest BCUT2D eigenvalue weighted by atomic mass is 10.1. The highest BCUT2D eigenvalue weighted by molar-refractivity contribution is 7.13. The normalized spacial score (nSPS) is 18.1.